The van der Waals surface area contributed by atoms with E-state index in [1.807, 2.05) is 60.0 Å². The number of rotatable bonds is 7. The summed E-state index contributed by atoms with van der Waals surface area (Å²) < 4.78 is 31.8. The molecule has 4 amide bonds. The smallest absolute Gasteiger partial charge is 0.410 e. The predicted octanol–water partition coefficient (Wildman–Crippen LogP) is 4.94. The Hall–Kier alpha value is -4.17. The van der Waals surface area contributed by atoms with Crippen LogP contribution in [-0.4, -0.2) is 120 Å². The second-order valence-electron chi connectivity index (χ2n) is 15.1. The second-order valence-corrected chi connectivity index (χ2v) is 17.1. The molecule has 3 aromatic rings. The number of carbonyl (C=O) groups excluding carboxylic acids is 3. The molecule has 2 aromatic carbocycles. The molecule has 52 heavy (non-hydrogen) atoms. The van der Waals surface area contributed by atoms with Gasteiger partial charge in [0, 0.05) is 63.5 Å². The van der Waals surface area contributed by atoms with Gasteiger partial charge in [-0.15, -0.1) is 0 Å². The van der Waals surface area contributed by atoms with Crippen molar-refractivity contribution in [2.75, 3.05) is 57.4 Å². The third-order valence-electron chi connectivity index (χ3n) is 12.0. The highest BCUT2D eigenvalue weighted by Crippen LogP contribution is 2.35. The van der Waals surface area contributed by atoms with Gasteiger partial charge in [-0.3, -0.25) is 4.79 Å². The van der Waals surface area contributed by atoms with Crippen LogP contribution in [0.2, 0.25) is 0 Å². The van der Waals surface area contributed by atoms with Gasteiger partial charge >= 0.3 is 12.1 Å². The number of benzene rings is 2. The fraction of sp³-hybridized carbons (Fsp3) is 0.579. The number of sulfonamides is 1. The number of ether oxygens (including phenoxy) is 1. The van der Waals surface area contributed by atoms with Crippen LogP contribution in [0.5, 0.6) is 0 Å². The van der Waals surface area contributed by atoms with E-state index in [0.717, 1.165) is 65.5 Å². The van der Waals surface area contributed by atoms with Gasteiger partial charge < -0.3 is 29.7 Å². The zero-order valence-corrected chi connectivity index (χ0v) is 31.2. The van der Waals surface area contributed by atoms with Crippen molar-refractivity contribution in [3.8, 4) is 0 Å². The van der Waals surface area contributed by atoms with Crippen molar-refractivity contribution in [2.45, 2.75) is 76.9 Å². The zero-order valence-electron chi connectivity index (χ0n) is 30.4. The van der Waals surface area contributed by atoms with Crippen LogP contribution >= 0.6 is 0 Å². The molecule has 0 aliphatic carbocycles. The number of imidazole rings is 1. The van der Waals surface area contributed by atoms with E-state index < -0.39 is 28.1 Å². The number of likely N-dealkylation sites (tertiary alicyclic amines) is 2. The van der Waals surface area contributed by atoms with Crippen molar-refractivity contribution < 1.29 is 27.5 Å². The number of aromatic amines is 1. The summed E-state index contributed by atoms with van der Waals surface area (Å²) in [5.74, 6) is 0.247. The summed E-state index contributed by atoms with van der Waals surface area (Å²) in [6.45, 7) is 7.65. The Morgan fingerprint density at radius 3 is 2.25 bits per heavy atom. The van der Waals surface area contributed by atoms with E-state index >= 15 is 0 Å². The predicted molar refractivity (Wildman–Crippen MR) is 198 cm³/mol. The van der Waals surface area contributed by atoms with Gasteiger partial charge in [0.2, 0.25) is 10.0 Å². The second kappa shape index (κ2) is 15.1. The molecular weight excluding hydrogens is 683 g/mol. The highest BCUT2D eigenvalue weighted by atomic mass is 32.2. The molecule has 1 aromatic heterocycles. The van der Waals surface area contributed by atoms with Crippen molar-refractivity contribution in [1.82, 2.24) is 29.0 Å². The summed E-state index contributed by atoms with van der Waals surface area (Å²) >= 11 is 0. The molecule has 0 bridgehead atoms. The van der Waals surface area contributed by atoms with E-state index in [2.05, 4.69) is 15.3 Å². The molecule has 4 aliphatic rings. The van der Waals surface area contributed by atoms with Crippen molar-refractivity contribution in [1.29, 1.82) is 0 Å². The molecule has 2 atom stereocenters. The lowest BCUT2D eigenvalue weighted by Crippen LogP contribution is -2.52. The molecule has 0 spiro atoms. The number of urea groups is 1. The Morgan fingerprint density at radius 1 is 0.904 bits per heavy atom. The third kappa shape index (κ3) is 7.64. The maximum atomic E-state index is 14.4. The van der Waals surface area contributed by atoms with E-state index in [-0.39, 0.29) is 18.0 Å². The summed E-state index contributed by atoms with van der Waals surface area (Å²) in [6, 6.07) is 11.8. The molecule has 5 heterocycles. The van der Waals surface area contributed by atoms with E-state index in [1.165, 1.54) is 6.26 Å². The molecule has 0 saturated carbocycles. The van der Waals surface area contributed by atoms with Crippen LogP contribution in [0.1, 0.15) is 68.1 Å². The summed E-state index contributed by atoms with van der Waals surface area (Å²) in [5.41, 5.74) is 5.57. The maximum absolute atomic E-state index is 14.4. The number of fused-ring (bicyclic) bond motifs is 2. The van der Waals surface area contributed by atoms with Crippen LogP contribution in [0.25, 0.3) is 11.0 Å². The van der Waals surface area contributed by atoms with Gasteiger partial charge in [-0.2, -0.15) is 0 Å². The van der Waals surface area contributed by atoms with Gasteiger partial charge in [-0.05, 0) is 92.5 Å². The number of nitrogens with zero attached hydrogens (tertiary/aromatic N) is 5. The van der Waals surface area contributed by atoms with Crippen molar-refractivity contribution in [3.05, 3.63) is 59.4 Å². The summed E-state index contributed by atoms with van der Waals surface area (Å²) in [6.07, 6.45) is 6.76. The Labute approximate surface area is 306 Å². The number of piperidine rings is 3. The molecule has 13 nitrogen and oxygen atoms in total. The van der Waals surface area contributed by atoms with Crippen LogP contribution in [-0.2, 0) is 26.0 Å². The normalized spacial score (nSPS) is 21.4. The number of anilines is 1. The van der Waals surface area contributed by atoms with E-state index in [0.29, 0.717) is 70.5 Å². The highest BCUT2D eigenvalue weighted by Gasteiger charge is 2.40. The van der Waals surface area contributed by atoms with Crippen LogP contribution in [0.3, 0.4) is 0 Å². The van der Waals surface area contributed by atoms with Gasteiger partial charge in [-0.25, -0.2) is 27.3 Å². The van der Waals surface area contributed by atoms with Gasteiger partial charge in [0.15, 0.2) is 6.10 Å². The molecular formula is C38H51N7O6S. The number of aromatic nitrogens is 2. The highest BCUT2D eigenvalue weighted by molar-refractivity contribution is 7.88. The van der Waals surface area contributed by atoms with Crippen molar-refractivity contribution in [3.63, 3.8) is 0 Å². The lowest BCUT2D eigenvalue weighted by Gasteiger charge is -2.41. The number of para-hydroxylation sites is 1. The molecule has 3 fully saturated rings. The third-order valence-corrected chi connectivity index (χ3v) is 13.3. The minimum Gasteiger partial charge on any atom is -0.435 e. The average Bonchev–Trinajstić information content (AvgIpc) is 3.57. The maximum Gasteiger partial charge on any atom is 0.410 e. The summed E-state index contributed by atoms with van der Waals surface area (Å²) in [4.78, 5) is 54.4. The first-order valence-corrected chi connectivity index (χ1v) is 20.6. The van der Waals surface area contributed by atoms with Crippen LogP contribution in [0.4, 0.5) is 15.3 Å². The minimum absolute atomic E-state index is 0.00169. The fourth-order valence-electron chi connectivity index (χ4n) is 8.79. The Morgan fingerprint density at radius 2 is 1.56 bits per heavy atom. The standard InChI is InChI=1S/C38H51N7O6S/c1-25-22-30(23-33-34(25)40-24-39-33)26(2)35(36(46)42-15-8-27(9-16-42)28-10-19-44(20-11-28)52(3,49)50)51-38(48)43-17-13-31(14-18-43)45-21-12-29-6-4-5-7-32(29)41-37(45)47/h4-7,22-24,26-28,31,35H,8-21H2,1-3H3,(H,39,40)(H,41,47)/t26-,35?/m1/s1. The SMILES string of the molecule is Cc1cc([C@@H](C)C(OC(=O)N2CCC(N3CCc4ccccc4NC3=O)CC2)C(=O)N2CCC(C3CCN(S(C)(=O)=O)CC3)CC2)cc2nc[nH]c12. The van der Waals surface area contributed by atoms with Gasteiger partial charge in [-0.1, -0.05) is 31.2 Å². The van der Waals surface area contributed by atoms with E-state index in [1.54, 1.807) is 15.5 Å². The van der Waals surface area contributed by atoms with Crippen molar-refractivity contribution >= 4 is 44.8 Å². The molecule has 14 heteroatoms. The lowest BCUT2D eigenvalue weighted by molar-refractivity contribution is -0.143. The molecule has 7 rings (SSSR count). The van der Waals surface area contributed by atoms with Crippen molar-refractivity contribution in [2.24, 2.45) is 11.8 Å². The Kier molecular flexibility index (Phi) is 10.5. The molecule has 0 radical (unpaired) electrons. The van der Waals surface area contributed by atoms with E-state index in [9.17, 15) is 22.8 Å². The molecule has 280 valence electrons. The average molecular weight is 734 g/mol. The fourth-order valence-corrected chi connectivity index (χ4v) is 9.66. The first-order chi connectivity index (χ1) is 25.0. The monoisotopic (exact) mass is 733 g/mol. The molecule has 2 N–H and O–H groups in total. The first-order valence-electron chi connectivity index (χ1n) is 18.7. The number of hydrogen-bond acceptors (Lipinski definition) is 7. The quantitative estimate of drug-likeness (QED) is 0.350. The zero-order chi connectivity index (χ0) is 36.6. The number of carbonyl (C=O) groups is 3. The van der Waals surface area contributed by atoms with Crippen LogP contribution in [0.15, 0.2) is 42.7 Å². The first kappa shape index (κ1) is 36.2. The number of H-pyrrole nitrogens is 1. The van der Waals surface area contributed by atoms with Gasteiger partial charge in [0.05, 0.1) is 23.6 Å². The molecule has 4 aliphatic heterocycles. The van der Waals surface area contributed by atoms with Crippen LogP contribution < -0.4 is 5.32 Å². The van der Waals surface area contributed by atoms with Crippen LogP contribution in [0, 0.1) is 18.8 Å². The lowest BCUT2D eigenvalue weighted by atomic mass is 9.79. The number of amides is 4. The number of hydrogen-bond donors (Lipinski definition) is 2. The van der Waals surface area contributed by atoms with Gasteiger partial charge in [0.1, 0.15) is 0 Å². The topological polar surface area (TPSA) is 148 Å². The number of aryl methyl sites for hydroxylation is 1. The largest absolute Gasteiger partial charge is 0.435 e. The summed E-state index contributed by atoms with van der Waals surface area (Å²) in [5, 5.41) is 3.05. The van der Waals surface area contributed by atoms with E-state index in [4.69, 9.17) is 4.74 Å². The Bertz CT molecular complexity index is 1890. The summed E-state index contributed by atoms with van der Waals surface area (Å²) in [7, 11) is -3.18. The molecule has 1 unspecified atom stereocenters. The Balaban J connectivity index is 1.01. The molecule has 3 saturated heterocycles. The minimum atomic E-state index is -3.18. The number of nitrogens with one attached hydrogen (secondary N) is 2. The van der Waals surface area contributed by atoms with Gasteiger partial charge in [0.25, 0.3) is 5.91 Å².